The zero-order valence-corrected chi connectivity index (χ0v) is 17.2. The van der Waals surface area contributed by atoms with Gasteiger partial charge < -0.3 is 20.1 Å². The first kappa shape index (κ1) is 22.8. The lowest BCUT2D eigenvalue weighted by Gasteiger charge is -2.31. The summed E-state index contributed by atoms with van der Waals surface area (Å²) in [5.74, 6) is 1.72. The van der Waals surface area contributed by atoms with Gasteiger partial charge in [0.15, 0.2) is 0 Å². The SMILES string of the molecule is CNCCC1CCN(CC(=O)Nc2cc(OC)c(Cl)cc2OC)CC1.Cl. The molecule has 0 saturated carbocycles. The Hall–Kier alpha value is -1.21. The molecule has 6 nitrogen and oxygen atoms in total. The first-order valence-electron chi connectivity index (χ1n) is 8.65. The summed E-state index contributed by atoms with van der Waals surface area (Å²) in [6.07, 6.45) is 3.50. The minimum atomic E-state index is -0.0589. The number of halogens is 2. The predicted octanol–water partition coefficient (Wildman–Crippen LogP) is 3.04. The Labute approximate surface area is 167 Å². The second-order valence-electron chi connectivity index (χ2n) is 6.35. The second-order valence-corrected chi connectivity index (χ2v) is 6.75. The number of amides is 1. The molecule has 0 aliphatic carbocycles. The van der Waals surface area contributed by atoms with Crippen LogP contribution in [0.1, 0.15) is 19.3 Å². The number of anilines is 1. The number of benzene rings is 1. The van der Waals surface area contributed by atoms with Crippen LogP contribution in [0.2, 0.25) is 5.02 Å². The smallest absolute Gasteiger partial charge is 0.238 e. The maximum absolute atomic E-state index is 12.4. The third-order valence-electron chi connectivity index (χ3n) is 4.62. The summed E-state index contributed by atoms with van der Waals surface area (Å²) in [5.41, 5.74) is 0.567. The number of rotatable bonds is 8. The van der Waals surface area contributed by atoms with E-state index in [-0.39, 0.29) is 18.3 Å². The van der Waals surface area contributed by atoms with Crippen LogP contribution in [-0.4, -0.2) is 58.3 Å². The molecule has 8 heteroatoms. The largest absolute Gasteiger partial charge is 0.495 e. The van der Waals surface area contributed by atoms with E-state index >= 15 is 0 Å². The van der Waals surface area contributed by atoms with E-state index in [9.17, 15) is 4.79 Å². The van der Waals surface area contributed by atoms with E-state index in [4.69, 9.17) is 21.1 Å². The molecule has 0 atom stereocenters. The zero-order chi connectivity index (χ0) is 18.2. The number of piperidine rings is 1. The summed E-state index contributed by atoms with van der Waals surface area (Å²) in [4.78, 5) is 14.6. The molecule has 26 heavy (non-hydrogen) atoms. The van der Waals surface area contributed by atoms with Crippen LogP contribution in [0, 0.1) is 5.92 Å². The highest BCUT2D eigenvalue weighted by molar-refractivity contribution is 6.32. The lowest BCUT2D eigenvalue weighted by molar-refractivity contribution is -0.117. The summed E-state index contributed by atoms with van der Waals surface area (Å²) in [7, 11) is 5.07. The third kappa shape index (κ3) is 6.50. The van der Waals surface area contributed by atoms with Gasteiger partial charge in [0.05, 0.1) is 31.5 Å². The summed E-state index contributed by atoms with van der Waals surface area (Å²) in [6, 6.07) is 3.33. The number of hydrogen-bond donors (Lipinski definition) is 2. The van der Waals surface area contributed by atoms with Gasteiger partial charge in [-0.25, -0.2) is 0 Å². The molecule has 1 aromatic carbocycles. The molecule has 0 aromatic heterocycles. The lowest BCUT2D eigenvalue weighted by atomic mass is 9.93. The molecule has 0 radical (unpaired) electrons. The number of nitrogens with one attached hydrogen (secondary N) is 2. The van der Waals surface area contributed by atoms with Gasteiger partial charge in [0.25, 0.3) is 0 Å². The topological polar surface area (TPSA) is 62.8 Å². The zero-order valence-electron chi connectivity index (χ0n) is 15.6. The number of carbonyl (C=O) groups excluding carboxylic acids is 1. The van der Waals surface area contributed by atoms with Crippen LogP contribution in [0.3, 0.4) is 0 Å². The van der Waals surface area contributed by atoms with Crippen molar-refractivity contribution in [3.8, 4) is 11.5 Å². The molecule has 1 fully saturated rings. The van der Waals surface area contributed by atoms with Gasteiger partial charge in [0.2, 0.25) is 5.91 Å². The van der Waals surface area contributed by atoms with Crippen molar-refractivity contribution in [1.82, 2.24) is 10.2 Å². The summed E-state index contributed by atoms with van der Waals surface area (Å²) >= 11 is 6.09. The Morgan fingerprint density at radius 1 is 1.23 bits per heavy atom. The molecule has 1 aliphatic rings. The molecule has 1 saturated heterocycles. The quantitative estimate of drug-likeness (QED) is 0.695. The van der Waals surface area contributed by atoms with E-state index in [1.165, 1.54) is 13.5 Å². The molecule has 0 unspecified atom stereocenters. The molecule has 0 bridgehead atoms. The molecular formula is C18H29Cl2N3O3. The van der Waals surface area contributed by atoms with Crippen molar-refractivity contribution in [1.29, 1.82) is 0 Å². The minimum absolute atomic E-state index is 0. The van der Waals surface area contributed by atoms with Gasteiger partial charge in [-0.05, 0) is 51.9 Å². The molecule has 2 N–H and O–H groups in total. The number of likely N-dealkylation sites (tertiary alicyclic amines) is 1. The Bertz CT molecular complexity index is 579. The van der Waals surface area contributed by atoms with Crippen LogP contribution < -0.4 is 20.1 Å². The first-order valence-corrected chi connectivity index (χ1v) is 9.03. The first-order chi connectivity index (χ1) is 12.1. The minimum Gasteiger partial charge on any atom is -0.495 e. The fraction of sp³-hybridized carbons (Fsp3) is 0.611. The molecule has 148 valence electrons. The summed E-state index contributed by atoms with van der Waals surface area (Å²) in [5, 5.41) is 6.55. The summed E-state index contributed by atoms with van der Waals surface area (Å²) in [6.45, 7) is 3.36. The van der Waals surface area contributed by atoms with Gasteiger partial charge in [0.1, 0.15) is 11.5 Å². The van der Waals surface area contributed by atoms with Gasteiger partial charge in [-0.1, -0.05) is 11.6 Å². The maximum atomic E-state index is 12.4. The number of carbonyl (C=O) groups is 1. The average molecular weight is 406 g/mol. The second kappa shape index (κ2) is 11.5. The molecule has 2 rings (SSSR count). The number of hydrogen-bond acceptors (Lipinski definition) is 5. The van der Waals surface area contributed by atoms with E-state index < -0.39 is 0 Å². The fourth-order valence-electron chi connectivity index (χ4n) is 3.13. The van der Waals surface area contributed by atoms with Gasteiger partial charge >= 0.3 is 0 Å². The molecular weight excluding hydrogens is 377 g/mol. The van der Waals surface area contributed by atoms with Crippen molar-refractivity contribution < 1.29 is 14.3 Å². The van der Waals surface area contributed by atoms with E-state index in [0.717, 1.165) is 38.4 Å². The molecule has 1 heterocycles. The van der Waals surface area contributed by atoms with Gasteiger partial charge in [-0.3, -0.25) is 9.69 Å². The number of methoxy groups -OCH3 is 2. The highest BCUT2D eigenvalue weighted by Gasteiger charge is 2.21. The standard InChI is InChI=1S/C18H28ClN3O3.ClH/c1-20-7-4-13-5-8-22(9-6-13)12-18(23)21-15-11-16(24-2)14(19)10-17(15)25-3;/h10-11,13,20H,4-9,12H2,1-3H3,(H,21,23);1H. The van der Waals surface area contributed by atoms with E-state index in [0.29, 0.717) is 28.8 Å². The normalized spacial score (nSPS) is 15.2. The Balaban J connectivity index is 0.00000338. The third-order valence-corrected chi connectivity index (χ3v) is 4.92. The van der Waals surface area contributed by atoms with Crippen molar-refractivity contribution in [3.05, 3.63) is 17.2 Å². The van der Waals surface area contributed by atoms with Gasteiger partial charge in [-0.2, -0.15) is 0 Å². The highest BCUT2D eigenvalue weighted by Crippen LogP contribution is 2.35. The van der Waals surface area contributed by atoms with Crippen LogP contribution >= 0.6 is 24.0 Å². The predicted molar refractivity (Wildman–Crippen MR) is 108 cm³/mol. The van der Waals surface area contributed by atoms with Crippen molar-refractivity contribution >= 4 is 35.6 Å². The van der Waals surface area contributed by atoms with Crippen LogP contribution in [0.15, 0.2) is 12.1 Å². The molecule has 1 aliphatic heterocycles. The van der Waals surface area contributed by atoms with Crippen LogP contribution in [0.25, 0.3) is 0 Å². The highest BCUT2D eigenvalue weighted by atomic mass is 35.5. The molecule has 0 spiro atoms. The van der Waals surface area contributed by atoms with E-state index in [1.807, 2.05) is 7.05 Å². The average Bonchev–Trinajstić information content (AvgIpc) is 2.62. The fourth-order valence-corrected chi connectivity index (χ4v) is 3.36. The Kier molecular flexibility index (Phi) is 10.1. The van der Waals surface area contributed by atoms with Gasteiger partial charge in [-0.15, -0.1) is 12.4 Å². The molecule has 1 amide bonds. The number of nitrogens with zero attached hydrogens (tertiary/aromatic N) is 1. The van der Waals surface area contributed by atoms with Gasteiger partial charge in [0, 0.05) is 12.1 Å². The lowest BCUT2D eigenvalue weighted by Crippen LogP contribution is -2.39. The number of ether oxygens (including phenoxy) is 2. The Morgan fingerprint density at radius 3 is 2.46 bits per heavy atom. The maximum Gasteiger partial charge on any atom is 0.238 e. The van der Waals surface area contributed by atoms with Crippen LogP contribution in [0.4, 0.5) is 5.69 Å². The Morgan fingerprint density at radius 2 is 1.88 bits per heavy atom. The summed E-state index contributed by atoms with van der Waals surface area (Å²) < 4.78 is 10.5. The van der Waals surface area contributed by atoms with Crippen LogP contribution in [-0.2, 0) is 4.79 Å². The van der Waals surface area contributed by atoms with E-state index in [1.54, 1.807) is 19.2 Å². The van der Waals surface area contributed by atoms with Crippen molar-refractivity contribution in [3.63, 3.8) is 0 Å². The van der Waals surface area contributed by atoms with Crippen LogP contribution in [0.5, 0.6) is 11.5 Å². The monoisotopic (exact) mass is 405 g/mol. The van der Waals surface area contributed by atoms with Crippen molar-refractivity contribution in [2.24, 2.45) is 5.92 Å². The van der Waals surface area contributed by atoms with E-state index in [2.05, 4.69) is 15.5 Å². The van der Waals surface area contributed by atoms with Crippen molar-refractivity contribution in [2.45, 2.75) is 19.3 Å². The van der Waals surface area contributed by atoms with Crippen molar-refractivity contribution in [2.75, 3.05) is 52.8 Å². The molecule has 1 aromatic rings.